The number of amides is 1. The van der Waals surface area contributed by atoms with Crippen LogP contribution in [0.25, 0.3) is 0 Å². The predicted octanol–water partition coefficient (Wildman–Crippen LogP) is 0.486. The molecule has 4 nitrogen and oxygen atoms in total. The van der Waals surface area contributed by atoms with E-state index >= 15 is 0 Å². The van der Waals surface area contributed by atoms with Gasteiger partial charge in [0.2, 0.25) is 0 Å². The van der Waals surface area contributed by atoms with Gasteiger partial charge >= 0.3 is 6.09 Å². The molecular weight excluding hydrogens is 146 g/mol. The van der Waals surface area contributed by atoms with Crippen molar-refractivity contribution in [1.29, 1.82) is 0 Å². The Hall–Kier alpha value is -1.32. The average molecular weight is 157 g/mol. The van der Waals surface area contributed by atoms with Crippen LogP contribution in [-0.2, 0) is 9.53 Å². The third-order valence-corrected chi connectivity index (χ3v) is 1.15. The number of ketones is 1. The first-order valence-corrected chi connectivity index (χ1v) is 3.12. The number of nitrogens with one attached hydrogen (secondary N) is 1. The van der Waals surface area contributed by atoms with Crippen LogP contribution in [0, 0.1) is 0 Å². The number of alkyl carbamates (subject to hydrolysis) is 1. The highest BCUT2D eigenvalue weighted by atomic mass is 16.5. The van der Waals surface area contributed by atoms with Gasteiger partial charge in [-0.2, -0.15) is 0 Å². The predicted molar refractivity (Wildman–Crippen MR) is 40.2 cm³/mol. The second-order valence-corrected chi connectivity index (χ2v) is 1.96. The number of hydrogen-bond acceptors (Lipinski definition) is 3. The molecule has 0 fully saturated rings. The Morgan fingerprint density at radius 2 is 2.18 bits per heavy atom. The monoisotopic (exact) mass is 157 g/mol. The van der Waals surface area contributed by atoms with Gasteiger partial charge in [0.1, 0.15) is 0 Å². The summed E-state index contributed by atoms with van der Waals surface area (Å²) in [5, 5.41) is 2.30. The molecule has 62 valence electrons. The summed E-state index contributed by atoms with van der Waals surface area (Å²) in [6, 6.07) is -0.569. The average Bonchev–Trinajstić information content (AvgIpc) is 2.02. The summed E-state index contributed by atoms with van der Waals surface area (Å²) in [5.74, 6) is -0.240. The van der Waals surface area contributed by atoms with E-state index in [2.05, 4.69) is 16.6 Å². The highest BCUT2D eigenvalue weighted by Gasteiger charge is 2.11. The maximum atomic E-state index is 10.8. The third-order valence-electron chi connectivity index (χ3n) is 1.15. The molecule has 0 aliphatic carbocycles. The van der Waals surface area contributed by atoms with E-state index in [1.54, 1.807) is 6.92 Å². The fraction of sp³-hybridized carbons (Fsp3) is 0.429. The zero-order valence-electron chi connectivity index (χ0n) is 6.59. The van der Waals surface area contributed by atoms with Crippen molar-refractivity contribution in [2.24, 2.45) is 0 Å². The first kappa shape index (κ1) is 9.68. The topological polar surface area (TPSA) is 55.4 Å². The van der Waals surface area contributed by atoms with E-state index in [0.29, 0.717) is 0 Å². The Morgan fingerprint density at radius 1 is 1.64 bits per heavy atom. The van der Waals surface area contributed by atoms with Gasteiger partial charge in [-0.05, 0) is 13.0 Å². The van der Waals surface area contributed by atoms with Gasteiger partial charge in [0, 0.05) is 0 Å². The highest BCUT2D eigenvalue weighted by Crippen LogP contribution is 1.86. The minimum absolute atomic E-state index is 0.240. The van der Waals surface area contributed by atoms with Crippen LogP contribution in [0.4, 0.5) is 4.79 Å². The molecule has 1 N–H and O–H groups in total. The molecule has 0 rings (SSSR count). The maximum absolute atomic E-state index is 10.8. The van der Waals surface area contributed by atoms with Crippen LogP contribution < -0.4 is 5.32 Å². The SMILES string of the molecule is C=CC(=O)[C@@H](C)NC(=O)OC. The Labute approximate surface area is 65.2 Å². The lowest BCUT2D eigenvalue weighted by atomic mass is 10.2. The van der Waals surface area contributed by atoms with E-state index in [1.807, 2.05) is 0 Å². The Bertz CT molecular complexity index is 177. The molecule has 0 aliphatic rings. The standard InChI is InChI=1S/C7H11NO3/c1-4-6(9)5(2)8-7(10)11-3/h4-5H,1H2,2-3H3,(H,8,10)/t5-/m1/s1. The van der Waals surface area contributed by atoms with Gasteiger partial charge in [0.05, 0.1) is 13.2 Å². The zero-order chi connectivity index (χ0) is 8.85. The molecule has 0 aromatic carbocycles. The molecule has 4 heteroatoms. The Balaban J connectivity index is 3.86. The first-order chi connectivity index (χ1) is 5.11. The molecule has 0 saturated heterocycles. The minimum atomic E-state index is -0.618. The van der Waals surface area contributed by atoms with Crippen molar-refractivity contribution in [2.75, 3.05) is 7.11 Å². The van der Waals surface area contributed by atoms with Crippen molar-refractivity contribution in [2.45, 2.75) is 13.0 Å². The van der Waals surface area contributed by atoms with Crippen LogP contribution in [0.5, 0.6) is 0 Å². The van der Waals surface area contributed by atoms with Gasteiger partial charge < -0.3 is 10.1 Å². The quantitative estimate of drug-likeness (QED) is 0.606. The summed E-state index contributed by atoms with van der Waals surface area (Å²) in [7, 11) is 1.24. The number of ether oxygens (including phenoxy) is 1. The van der Waals surface area contributed by atoms with E-state index in [1.165, 1.54) is 7.11 Å². The molecule has 1 amide bonds. The van der Waals surface area contributed by atoms with E-state index in [9.17, 15) is 9.59 Å². The van der Waals surface area contributed by atoms with Gasteiger partial charge in [-0.1, -0.05) is 6.58 Å². The summed E-state index contributed by atoms with van der Waals surface area (Å²) >= 11 is 0. The molecule has 0 spiro atoms. The molecule has 0 unspecified atom stereocenters. The molecule has 0 radical (unpaired) electrons. The number of hydrogen-bond donors (Lipinski definition) is 1. The lowest BCUT2D eigenvalue weighted by molar-refractivity contribution is -0.116. The van der Waals surface area contributed by atoms with E-state index in [-0.39, 0.29) is 5.78 Å². The Kier molecular flexibility index (Phi) is 3.95. The lowest BCUT2D eigenvalue weighted by Crippen LogP contribution is -2.37. The largest absolute Gasteiger partial charge is 0.453 e. The smallest absolute Gasteiger partial charge is 0.407 e. The number of methoxy groups -OCH3 is 1. The molecule has 11 heavy (non-hydrogen) atoms. The summed E-state index contributed by atoms with van der Waals surface area (Å²) in [6.07, 6.45) is 0.536. The van der Waals surface area contributed by atoms with Crippen molar-refractivity contribution in [3.05, 3.63) is 12.7 Å². The number of carbonyl (C=O) groups is 2. The molecule has 1 atom stereocenters. The summed E-state index contributed by atoms with van der Waals surface area (Å²) in [6.45, 7) is 4.83. The van der Waals surface area contributed by atoms with Gasteiger partial charge in [-0.15, -0.1) is 0 Å². The molecule has 0 aromatic rings. The number of carbonyl (C=O) groups excluding carboxylic acids is 2. The molecule has 0 heterocycles. The Morgan fingerprint density at radius 3 is 2.55 bits per heavy atom. The zero-order valence-corrected chi connectivity index (χ0v) is 6.59. The van der Waals surface area contributed by atoms with Crippen LogP contribution in [0.2, 0.25) is 0 Å². The number of rotatable bonds is 3. The van der Waals surface area contributed by atoms with Gasteiger partial charge in [0.25, 0.3) is 0 Å². The fourth-order valence-corrected chi connectivity index (χ4v) is 0.484. The molecule has 0 bridgehead atoms. The van der Waals surface area contributed by atoms with E-state index < -0.39 is 12.1 Å². The third kappa shape index (κ3) is 3.40. The summed E-state index contributed by atoms with van der Waals surface area (Å²) < 4.78 is 4.28. The van der Waals surface area contributed by atoms with Crippen LogP contribution in [0.15, 0.2) is 12.7 Å². The fourth-order valence-electron chi connectivity index (χ4n) is 0.484. The van der Waals surface area contributed by atoms with Crippen molar-refractivity contribution < 1.29 is 14.3 Å². The second kappa shape index (κ2) is 4.49. The van der Waals surface area contributed by atoms with Gasteiger partial charge in [-0.25, -0.2) is 4.79 Å². The summed E-state index contributed by atoms with van der Waals surface area (Å²) in [5.41, 5.74) is 0. The highest BCUT2D eigenvalue weighted by molar-refractivity contribution is 5.95. The first-order valence-electron chi connectivity index (χ1n) is 3.12. The van der Waals surface area contributed by atoms with Crippen molar-refractivity contribution in [3.63, 3.8) is 0 Å². The van der Waals surface area contributed by atoms with E-state index in [0.717, 1.165) is 6.08 Å². The van der Waals surface area contributed by atoms with Gasteiger partial charge in [-0.3, -0.25) is 4.79 Å². The second-order valence-electron chi connectivity index (χ2n) is 1.96. The van der Waals surface area contributed by atoms with E-state index in [4.69, 9.17) is 0 Å². The van der Waals surface area contributed by atoms with Crippen molar-refractivity contribution >= 4 is 11.9 Å². The van der Waals surface area contributed by atoms with Gasteiger partial charge in [0.15, 0.2) is 5.78 Å². The van der Waals surface area contributed by atoms with Crippen molar-refractivity contribution in [3.8, 4) is 0 Å². The van der Waals surface area contributed by atoms with Crippen LogP contribution in [0.3, 0.4) is 0 Å². The molecule has 0 saturated carbocycles. The maximum Gasteiger partial charge on any atom is 0.407 e. The molecule has 0 aliphatic heterocycles. The van der Waals surface area contributed by atoms with Crippen molar-refractivity contribution in [1.82, 2.24) is 5.32 Å². The van der Waals surface area contributed by atoms with Crippen LogP contribution >= 0.6 is 0 Å². The van der Waals surface area contributed by atoms with Crippen LogP contribution in [-0.4, -0.2) is 25.0 Å². The normalized spacial score (nSPS) is 11.5. The summed E-state index contributed by atoms with van der Waals surface area (Å²) in [4.78, 5) is 21.3. The van der Waals surface area contributed by atoms with Crippen LogP contribution in [0.1, 0.15) is 6.92 Å². The lowest BCUT2D eigenvalue weighted by Gasteiger charge is -2.08. The molecule has 0 aromatic heterocycles. The molecular formula is C7H11NO3. The minimum Gasteiger partial charge on any atom is -0.453 e.